The van der Waals surface area contributed by atoms with Crippen LogP contribution in [0.3, 0.4) is 0 Å². The van der Waals surface area contributed by atoms with E-state index in [-0.39, 0.29) is 11.9 Å². The molecule has 33 heavy (non-hydrogen) atoms. The molecule has 7 nitrogen and oxygen atoms in total. The Morgan fingerprint density at radius 1 is 1.15 bits per heavy atom. The molecule has 0 saturated heterocycles. The summed E-state index contributed by atoms with van der Waals surface area (Å²) in [6, 6.07) is 17.3. The smallest absolute Gasteiger partial charge is 0.239 e. The Bertz CT molecular complexity index is 1330. The number of hydrogen-bond donors (Lipinski definition) is 1. The Morgan fingerprint density at radius 2 is 1.94 bits per heavy atom. The van der Waals surface area contributed by atoms with Crippen LogP contribution in [0, 0.1) is 11.3 Å². The summed E-state index contributed by atoms with van der Waals surface area (Å²) in [6.45, 7) is 2.90. The van der Waals surface area contributed by atoms with Gasteiger partial charge in [0.05, 0.1) is 17.6 Å². The fourth-order valence-electron chi connectivity index (χ4n) is 4.35. The molecule has 2 aromatic carbocycles. The van der Waals surface area contributed by atoms with E-state index in [2.05, 4.69) is 6.07 Å². The van der Waals surface area contributed by atoms with Crippen molar-refractivity contribution in [3.05, 3.63) is 69.9 Å². The van der Waals surface area contributed by atoms with Crippen LogP contribution < -0.4 is 15.2 Å². The lowest BCUT2D eigenvalue weighted by Gasteiger charge is -2.40. The second-order valence-electron chi connectivity index (χ2n) is 8.24. The topological polar surface area (TPSA) is 101 Å². The van der Waals surface area contributed by atoms with Crippen LogP contribution in [-0.2, 0) is 10.3 Å². The van der Waals surface area contributed by atoms with Gasteiger partial charge in [-0.3, -0.25) is 9.69 Å². The lowest BCUT2D eigenvalue weighted by molar-refractivity contribution is -0.130. The number of amides is 1. The number of aliphatic imine (C=N–C) groups is 1. The molecule has 8 heteroatoms. The first-order valence-corrected chi connectivity index (χ1v) is 11.4. The van der Waals surface area contributed by atoms with E-state index in [0.29, 0.717) is 30.3 Å². The molecule has 166 valence electrons. The number of nitrogens with zero attached hydrogens (tertiary/aromatic N) is 3. The molecular weight excluding hydrogens is 436 g/mol. The van der Waals surface area contributed by atoms with E-state index < -0.39 is 11.5 Å². The third-order valence-corrected chi connectivity index (χ3v) is 7.31. The lowest BCUT2D eigenvalue weighted by Crippen LogP contribution is -2.52. The van der Waals surface area contributed by atoms with Gasteiger partial charge in [0.25, 0.3) is 0 Å². The maximum atomic E-state index is 13.5. The van der Waals surface area contributed by atoms with Gasteiger partial charge < -0.3 is 15.2 Å². The first-order valence-electron chi connectivity index (χ1n) is 10.5. The van der Waals surface area contributed by atoms with Crippen molar-refractivity contribution in [2.45, 2.75) is 18.4 Å². The molecule has 0 fully saturated rings. The van der Waals surface area contributed by atoms with Crippen LogP contribution >= 0.6 is 11.3 Å². The van der Waals surface area contributed by atoms with E-state index in [0.717, 1.165) is 21.6 Å². The Labute approximate surface area is 195 Å². The summed E-state index contributed by atoms with van der Waals surface area (Å²) in [4.78, 5) is 20.6. The highest BCUT2D eigenvalue weighted by atomic mass is 32.1. The molecule has 0 unspecified atom stereocenters. The number of fused-ring (bicyclic) bond motifs is 1. The van der Waals surface area contributed by atoms with Gasteiger partial charge in [0.15, 0.2) is 17.5 Å². The standard InChI is InChI=1S/C25H22N4O3S/c1-25(21-12-18(14-33-21)16-5-3-4-15(10-16)13-26)22(23(30)29(2)24(27)28-25)17-6-7-19-20(11-17)32-9-8-31-19/h3-7,10-12,14,22H,8-9H2,1-2H3,(H2,27,28)/t22-,25-/m1/s1. The molecule has 2 aliphatic heterocycles. The van der Waals surface area contributed by atoms with Gasteiger partial charge >= 0.3 is 0 Å². The number of benzene rings is 2. The maximum Gasteiger partial charge on any atom is 0.239 e. The summed E-state index contributed by atoms with van der Waals surface area (Å²) >= 11 is 1.52. The van der Waals surface area contributed by atoms with Crippen molar-refractivity contribution >= 4 is 23.2 Å². The summed E-state index contributed by atoms with van der Waals surface area (Å²) in [6.07, 6.45) is 0. The largest absolute Gasteiger partial charge is 0.486 e. The highest BCUT2D eigenvalue weighted by molar-refractivity contribution is 7.10. The maximum absolute atomic E-state index is 13.5. The number of nitrogens with two attached hydrogens (primary N) is 1. The van der Waals surface area contributed by atoms with Gasteiger partial charge in [-0.05, 0) is 59.3 Å². The summed E-state index contributed by atoms with van der Waals surface area (Å²) < 4.78 is 11.4. The number of guanidine groups is 1. The van der Waals surface area contributed by atoms with E-state index >= 15 is 0 Å². The molecule has 1 aromatic heterocycles. The Hall–Kier alpha value is -3.83. The summed E-state index contributed by atoms with van der Waals surface area (Å²) in [5, 5.41) is 11.3. The van der Waals surface area contributed by atoms with Gasteiger partial charge in [-0.2, -0.15) is 5.26 Å². The molecule has 0 saturated carbocycles. The van der Waals surface area contributed by atoms with Crippen molar-refractivity contribution in [3.8, 4) is 28.7 Å². The van der Waals surface area contributed by atoms with Crippen molar-refractivity contribution in [2.75, 3.05) is 20.3 Å². The van der Waals surface area contributed by atoms with Crippen molar-refractivity contribution in [1.29, 1.82) is 5.26 Å². The Morgan fingerprint density at radius 3 is 2.73 bits per heavy atom. The number of rotatable bonds is 3. The SMILES string of the molecule is CN1C(=O)[C@@H](c2ccc3c(c2)OCCO3)[C@@](C)(c2cc(-c3cccc(C#N)c3)cs2)N=C1N. The molecule has 1 amide bonds. The number of ether oxygens (including phenoxy) is 2. The van der Waals surface area contributed by atoms with Gasteiger partial charge in [-0.25, -0.2) is 4.99 Å². The molecule has 0 bridgehead atoms. The molecule has 3 heterocycles. The highest BCUT2D eigenvalue weighted by Gasteiger charge is 2.48. The van der Waals surface area contributed by atoms with E-state index in [4.69, 9.17) is 20.2 Å². The van der Waals surface area contributed by atoms with Gasteiger partial charge in [0.2, 0.25) is 5.91 Å². The van der Waals surface area contributed by atoms with Crippen LogP contribution in [0.25, 0.3) is 11.1 Å². The molecule has 2 N–H and O–H groups in total. The van der Waals surface area contributed by atoms with Crippen molar-refractivity contribution in [3.63, 3.8) is 0 Å². The van der Waals surface area contributed by atoms with E-state index in [1.165, 1.54) is 16.2 Å². The zero-order valence-electron chi connectivity index (χ0n) is 18.2. The van der Waals surface area contributed by atoms with Crippen molar-refractivity contribution in [1.82, 2.24) is 4.90 Å². The van der Waals surface area contributed by atoms with Crippen molar-refractivity contribution in [2.24, 2.45) is 10.7 Å². The fraction of sp³-hybridized carbons (Fsp3) is 0.240. The fourth-order valence-corrected chi connectivity index (χ4v) is 5.40. The monoisotopic (exact) mass is 458 g/mol. The Kier molecular flexibility index (Phi) is 5.06. The summed E-state index contributed by atoms with van der Waals surface area (Å²) in [5.41, 5.74) is 8.55. The molecule has 0 radical (unpaired) electrons. The quantitative estimate of drug-likeness (QED) is 0.643. The lowest BCUT2D eigenvalue weighted by atomic mass is 9.77. The van der Waals surface area contributed by atoms with Gasteiger partial charge in [0.1, 0.15) is 18.8 Å². The van der Waals surface area contributed by atoms with Crippen molar-refractivity contribution < 1.29 is 14.3 Å². The van der Waals surface area contributed by atoms with Crippen LogP contribution in [0.4, 0.5) is 0 Å². The summed E-state index contributed by atoms with van der Waals surface area (Å²) in [5.74, 6) is 0.741. The molecule has 2 atom stereocenters. The Balaban J connectivity index is 1.61. The molecule has 2 aliphatic rings. The molecule has 0 aliphatic carbocycles. The minimum Gasteiger partial charge on any atom is -0.486 e. The highest BCUT2D eigenvalue weighted by Crippen LogP contribution is 2.48. The first-order chi connectivity index (χ1) is 15.9. The second kappa shape index (κ2) is 7.94. The summed E-state index contributed by atoms with van der Waals surface area (Å²) in [7, 11) is 1.64. The minimum absolute atomic E-state index is 0.136. The van der Waals surface area contributed by atoms with Crippen LogP contribution in [0.15, 0.2) is 58.9 Å². The predicted octanol–water partition coefficient (Wildman–Crippen LogP) is 3.84. The van der Waals surface area contributed by atoms with Gasteiger partial charge in [-0.15, -0.1) is 11.3 Å². The minimum atomic E-state index is -0.910. The number of hydrogen-bond acceptors (Lipinski definition) is 7. The van der Waals surface area contributed by atoms with E-state index in [1.54, 1.807) is 13.1 Å². The third kappa shape index (κ3) is 3.51. The number of thiophene rings is 1. The molecule has 5 rings (SSSR count). The number of carbonyl (C=O) groups is 1. The van der Waals surface area contributed by atoms with Crippen LogP contribution in [0.5, 0.6) is 11.5 Å². The van der Waals surface area contributed by atoms with Gasteiger partial charge in [-0.1, -0.05) is 18.2 Å². The number of likely N-dealkylation sites (N-methyl/N-ethyl adjacent to an activating group) is 1. The first kappa shape index (κ1) is 21.0. The normalized spacial score (nSPS) is 22.0. The third-order valence-electron chi connectivity index (χ3n) is 6.15. The van der Waals surface area contributed by atoms with Crippen LogP contribution in [-0.4, -0.2) is 37.0 Å². The number of carbonyl (C=O) groups excluding carboxylic acids is 1. The molecule has 0 spiro atoms. The van der Waals surface area contributed by atoms with Crippen LogP contribution in [0.2, 0.25) is 0 Å². The average Bonchev–Trinajstić information content (AvgIpc) is 3.34. The average molecular weight is 459 g/mol. The van der Waals surface area contributed by atoms with E-state index in [9.17, 15) is 10.1 Å². The predicted molar refractivity (Wildman–Crippen MR) is 126 cm³/mol. The molecular formula is C25H22N4O3S. The van der Waals surface area contributed by atoms with E-state index in [1.807, 2.05) is 54.8 Å². The molecule has 3 aromatic rings. The second-order valence-corrected chi connectivity index (χ2v) is 9.15. The van der Waals surface area contributed by atoms with Gasteiger partial charge in [0, 0.05) is 11.9 Å². The number of nitriles is 1. The zero-order valence-corrected chi connectivity index (χ0v) is 19.1. The zero-order chi connectivity index (χ0) is 23.2. The van der Waals surface area contributed by atoms with Crippen LogP contribution in [0.1, 0.15) is 28.8 Å².